The number of aromatic hydroxyl groups is 2. The summed E-state index contributed by atoms with van der Waals surface area (Å²) in [4.78, 5) is 10.5. The first-order chi connectivity index (χ1) is 9.47. The zero-order valence-electron chi connectivity index (χ0n) is 10.2. The molecule has 0 spiro atoms. The Morgan fingerprint density at radius 3 is 2.55 bits per heavy atom. The van der Waals surface area contributed by atoms with Crippen LogP contribution in [0.15, 0.2) is 40.9 Å². The van der Waals surface area contributed by atoms with E-state index in [0.717, 1.165) is 0 Å². The fourth-order valence-electron chi connectivity index (χ4n) is 1.68. The van der Waals surface area contributed by atoms with Gasteiger partial charge in [0.1, 0.15) is 5.69 Å². The van der Waals surface area contributed by atoms with Crippen LogP contribution >= 0.6 is 15.9 Å². The van der Waals surface area contributed by atoms with Crippen LogP contribution in [0.5, 0.6) is 11.5 Å². The third-order valence-electron chi connectivity index (χ3n) is 2.68. The van der Waals surface area contributed by atoms with Gasteiger partial charge in [-0.2, -0.15) is 0 Å². The van der Waals surface area contributed by atoms with Gasteiger partial charge in [0.05, 0.1) is 4.92 Å². The third kappa shape index (κ3) is 3.18. The van der Waals surface area contributed by atoms with E-state index >= 15 is 0 Å². The van der Waals surface area contributed by atoms with E-state index in [4.69, 9.17) is 0 Å². The van der Waals surface area contributed by atoms with Crippen LogP contribution in [-0.2, 0) is 6.54 Å². The van der Waals surface area contributed by atoms with Gasteiger partial charge in [0.25, 0.3) is 5.69 Å². The average molecular weight is 339 g/mol. The molecule has 0 amide bonds. The smallest absolute Gasteiger partial charge is 0.293 e. The third-order valence-corrected chi connectivity index (χ3v) is 3.17. The Bertz CT molecular complexity index is 661. The van der Waals surface area contributed by atoms with Crippen LogP contribution in [0, 0.1) is 10.1 Å². The molecule has 0 radical (unpaired) electrons. The SMILES string of the molecule is O=[N+]([O-])c1cc(Br)ccc1NCc1ccc(O)c(O)c1. The van der Waals surface area contributed by atoms with Crippen molar-refractivity contribution in [1.29, 1.82) is 0 Å². The van der Waals surface area contributed by atoms with E-state index in [1.165, 1.54) is 18.2 Å². The van der Waals surface area contributed by atoms with Gasteiger partial charge in [0.2, 0.25) is 0 Å². The predicted molar refractivity (Wildman–Crippen MR) is 77.9 cm³/mol. The molecule has 0 aromatic heterocycles. The van der Waals surface area contributed by atoms with Crippen molar-refractivity contribution in [3.8, 4) is 11.5 Å². The number of phenols is 2. The standard InChI is InChI=1S/C13H11BrN2O4/c14-9-2-3-10(11(6-9)16(19)20)15-7-8-1-4-12(17)13(18)5-8/h1-6,15,17-18H,7H2. The lowest BCUT2D eigenvalue weighted by Gasteiger charge is -2.08. The van der Waals surface area contributed by atoms with E-state index in [0.29, 0.717) is 15.7 Å². The van der Waals surface area contributed by atoms with E-state index in [1.807, 2.05) is 0 Å². The van der Waals surface area contributed by atoms with Crippen molar-refractivity contribution >= 4 is 27.3 Å². The molecule has 0 aliphatic carbocycles. The summed E-state index contributed by atoms with van der Waals surface area (Å²) >= 11 is 3.19. The molecule has 7 heteroatoms. The number of benzene rings is 2. The monoisotopic (exact) mass is 338 g/mol. The van der Waals surface area contributed by atoms with E-state index in [-0.39, 0.29) is 23.7 Å². The number of nitro groups is 1. The largest absolute Gasteiger partial charge is 0.504 e. The van der Waals surface area contributed by atoms with Gasteiger partial charge in [-0.25, -0.2) is 0 Å². The summed E-state index contributed by atoms with van der Waals surface area (Å²) in [7, 11) is 0. The molecule has 6 nitrogen and oxygen atoms in total. The first-order valence-electron chi connectivity index (χ1n) is 5.66. The van der Waals surface area contributed by atoms with Crippen molar-refractivity contribution in [1.82, 2.24) is 0 Å². The van der Waals surface area contributed by atoms with Crippen molar-refractivity contribution in [2.45, 2.75) is 6.54 Å². The molecule has 2 aromatic rings. The van der Waals surface area contributed by atoms with Gasteiger partial charge in [0.15, 0.2) is 11.5 Å². The molecule has 0 atom stereocenters. The molecule has 0 saturated heterocycles. The summed E-state index contributed by atoms with van der Waals surface area (Å²) in [5.74, 6) is -0.432. The van der Waals surface area contributed by atoms with Crippen LogP contribution in [0.3, 0.4) is 0 Å². The van der Waals surface area contributed by atoms with Crippen LogP contribution in [0.25, 0.3) is 0 Å². The Hall–Kier alpha value is -2.28. The van der Waals surface area contributed by atoms with Gasteiger partial charge >= 0.3 is 0 Å². The number of hydrogen-bond donors (Lipinski definition) is 3. The highest BCUT2D eigenvalue weighted by Crippen LogP contribution is 2.29. The molecule has 0 heterocycles. The summed E-state index contributed by atoms with van der Waals surface area (Å²) in [6, 6.07) is 9.09. The Morgan fingerprint density at radius 2 is 1.90 bits per heavy atom. The number of halogens is 1. The summed E-state index contributed by atoms with van der Waals surface area (Å²) in [5, 5.41) is 32.5. The number of hydrogen-bond acceptors (Lipinski definition) is 5. The average Bonchev–Trinajstić information content (AvgIpc) is 2.41. The van der Waals surface area contributed by atoms with Crippen LogP contribution in [-0.4, -0.2) is 15.1 Å². The zero-order valence-corrected chi connectivity index (χ0v) is 11.8. The maximum atomic E-state index is 11.0. The van der Waals surface area contributed by atoms with Crippen molar-refractivity contribution in [3.05, 3.63) is 56.5 Å². The lowest BCUT2D eigenvalue weighted by molar-refractivity contribution is -0.384. The second-order valence-electron chi connectivity index (χ2n) is 4.10. The number of nitro benzene ring substituents is 1. The summed E-state index contributed by atoms with van der Waals surface area (Å²) in [5.41, 5.74) is 1.03. The Kier molecular flexibility index (Phi) is 4.09. The number of nitrogens with one attached hydrogen (secondary N) is 1. The molecule has 3 N–H and O–H groups in total. The number of rotatable bonds is 4. The van der Waals surface area contributed by atoms with Crippen LogP contribution in [0.2, 0.25) is 0 Å². The molecule has 2 aromatic carbocycles. The lowest BCUT2D eigenvalue weighted by atomic mass is 10.2. The predicted octanol–water partition coefficient (Wildman–Crippen LogP) is 3.38. The van der Waals surface area contributed by atoms with Crippen molar-refractivity contribution in [2.75, 3.05) is 5.32 Å². The van der Waals surface area contributed by atoms with Crippen molar-refractivity contribution in [3.63, 3.8) is 0 Å². The first-order valence-corrected chi connectivity index (χ1v) is 6.45. The normalized spacial score (nSPS) is 10.2. The number of anilines is 1. The molecule has 2 rings (SSSR count). The highest BCUT2D eigenvalue weighted by atomic mass is 79.9. The highest BCUT2D eigenvalue weighted by molar-refractivity contribution is 9.10. The molecule has 104 valence electrons. The van der Waals surface area contributed by atoms with E-state index in [9.17, 15) is 20.3 Å². The van der Waals surface area contributed by atoms with Crippen LogP contribution in [0.1, 0.15) is 5.56 Å². The molecule has 0 unspecified atom stereocenters. The second-order valence-corrected chi connectivity index (χ2v) is 5.01. The minimum absolute atomic E-state index is 0.0395. The van der Waals surface area contributed by atoms with Crippen molar-refractivity contribution in [2.24, 2.45) is 0 Å². The maximum absolute atomic E-state index is 11.0. The van der Waals surface area contributed by atoms with Gasteiger partial charge in [-0.05, 0) is 29.8 Å². The Morgan fingerprint density at radius 1 is 1.15 bits per heavy atom. The highest BCUT2D eigenvalue weighted by Gasteiger charge is 2.13. The van der Waals surface area contributed by atoms with Crippen molar-refractivity contribution < 1.29 is 15.1 Å². The lowest BCUT2D eigenvalue weighted by Crippen LogP contribution is -2.02. The molecule has 0 fully saturated rings. The van der Waals surface area contributed by atoms with E-state index in [2.05, 4.69) is 21.2 Å². The van der Waals surface area contributed by atoms with E-state index < -0.39 is 4.92 Å². The molecular formula is C13H11BrN2O4. The fraction of sp³-hybridized carbons (Fsp3) is 0.0769. The van der Waals surface area contributed by atoms with Gasteiger partial charge in [-0.1, -0.05) is 22.0 Å². The fourth-order valence-corrected chi connectivity index (χ4v) is 2.03. The molecular weight excluding hydrogens is 328 g/mol. The van der Waals surface area contributed by atoms with Gasteiger partial charge in [0, 0.05) is 17.1 Å². The second kappa shape index (κ2) is 5.79. The summed E-state index contributed by atoms with van der Waals surface area (Å²) in [6.07, 6.45) is 0. The summed E-state index contributed by atoms with van der Waals surface area (Å²) in [6.45, 7) is 0.288. The minimum Gasteiger partial charge on any atom is -0.504 e. The maximum Gasteiger partial charge on any atom is 0.293 e. The molecule has 0 saturated carbocycles. The van der Waals surface area contributed by atoms with Gasteiger partial charge in [-0.3, -0.25) is 10.1 Å². The van der Waals surface area contributed by atoms with Crippen LogP contribution < -0.4 is 5.32 Å². The van der Waals surface area contributed by atoms with Gasteiger partial charge in [-0.15, -0.1) is 0 Å². The minimum atomic E-state index is -0.471. The number of phenolic OH excluding ortho intramolecular Hbond substituents is 2. The Labute approximate surface area is 123 Å². The molecule has 0 bridgehead atoms. The Balaban J connectivity index is 2.18. The molecule has 20 heavy (non-hydrogen) atoms. The quantitative estimate of drug-likeness (QED) is 0.451. The first kappa shape index (κ1) is 14.1. The number of nitrogens with zero attached hydrogens (tertiary/aromatic N) is 1. The van der Waals surface area contributed by atoms with Crippen LogP contribution in [0.4, 0.5) is 11.4 Å². The van der Waals surface area contributed by atoms with Gasteiger partial charge < -0.3 is 15.5 Å². The summed E-state index contributed by atoms with van der Waals surface area (Å²) < 4.78 is 0.622. The zero-order chi connectivity index (χ0) is 14.7. The van der Waals surface area contributed by atoms with E-state index in [1.54, 1.807) is 18.2 Å². The topological polar surface area (TPSA) is 95.6 Å². The molecule has 0 aliphatic rings. The molecule has 0 aliphatic heterocycles.